The van der Waals surface area contributed by atoms with Gasteiger partial charge in [0, 0.05) is 38.7 Å². The molecule has 1 aromatic rings. The molecule has 0 radical (unpaired) electrons. The topological polar surface area (TPSA) is 186 Å². The van der Waals surface area contributed by atoms with E-state index in [9.17, 15) is 34.2 Å². The minimum absolute atomic E-state index is 0.0135. The Kier molecular flexibility index (Phi) is 7.30. The number of hydrogen-bond donors (Lipinski definition) is 4. The Morgan fingerprint density at radius 1 is 1.10 bits per heavy atom. The molecule has 0 aromatic carbocycles. The lowest BCUT2D eigenvalue weighted by Crippen LogP contribution is -2.74. The van der Waals surface area contributed by atoms with Gasteiger partial charge in [-0.3, -0.25) is 28.9 Å². The van der Waals surface area contributed by atoms with E-state index in [1.54, 1.807) is 33.1 Å². The third-order valence-corrected chi connectivity index (χ3v) is 8.18. The molecule has 0 spiro atoms. The van der Waals surface area contributed by atoms with Crippen molar-refractivity contribution >= 4 is 40.7 Å². The molecule has 4 rings (SSSR count). The molecule has 2 saturated carbocycles. The first-order chi connectivity index (χ1) is 18.1. The lowest BCUT2D eigenvalue weighted by molar-refractivity contribution is -0.181. The summed E-state index contributed by atoms with van der Waals surface area (Å²) in [7, 11) is 10.3. The average molecular weight is 545 g/mol. The van der Waals surface area contributed by atoms with Gasteiger partial charge in [0.2, 0.25) is 5.91 Å². The van der Waals surface area contributed by atoms with Crippen LogP contribution in [0.3, 0.4) is 0 Å². The number of anilines is 2. The number of nitrogens with two attached hydrogens (primary N) is 1. The van der Waals surface area contributed by atoms with Crippen molar-refractivity contribution in [1.82, 2.24) is 14.8 Å². The Bertz CT molecular complexity index is 1260. The van der Waals surface area contributed by atoms with Crippen LogP contribution in [0.25, 0.3) is 0 Å². The van der Waals surface area contributed by atoms with Crippen LogP contribution in [0, 0.1) is 23.7 Å². The standard InChI is InChI=1S/C26H36N6O7/c1-30(2)8-7-28-24-20(35)15-12(25(29-24)32(5)6)9-11-10-13-17(31(3)4)19(34)16(23(27)38)22(37)26(13,39)21(36)14(11)18(15)33/h11,13-14,16-17,35,39H,7-10H2,1-6H3,(H2,27,38)(H,28,29)/t11-,13-,14?,16?,17-,26-/m0/s1. The SMILES string of the molecule is CN(C)CCNc1nc(N(C)C)c2c(c1O)C(=O)C1C(=O)[C@]3(O)C(=O)C(C(N)=O)C(=O)[C@@H](N(C)C)[C@@H]3C[C@@H]1C2. The molecule has 5 N–H and O–H groups in total. The predicted octanol–water partition coefficient (Wildman–Crippen LogP) is -1.70. The highest BCUT2D eigenvalue weighted by atomic mass is 16.3. The van der Waals surface area contributed by atoms with Crippen molar-refractivity contribution < 1.29 is 34.2 Å². The summed E-state index contributed by atoms with van der Waals surface area (Å²) >= 11 is 0. The molecule has 212 valence electrons. The summed E-state index contributed by atoms with van der Waals surface area (Å²) in [6, 6.07) is -1.14. The summed E-state index contributed by atoms with van der Waals surface area (Å²) in [5.41, 5.74) is 2.96. The van der Waals surface area contributed by atoms with E-state index in [-0.39, 0.29) is 24.2 Å². The first kappa shape index (κ1) is 28.6. The van der Waals surface area contributed by atoms with E-state index >= 15 is 0 Å². The van der Waals surface area contributed by atoms with Gasteiger partial charge in [0.05, 0.1) is 17.5 Å². The number of aliphatic hydroxyl groups is 1. The molecule has 3 aliphatic carbocycles. The number of nitrogens with one attached hydrogen (secondary N) is 1. The number of fused-ring (bicyclic) bond motifs is 3. The van der Waals surface area contributed by atoms with Crippen LogP contribution in [-0.2, 0) is 25.6 Å². The number of hydrogen-bond acceptors (Lipinski definition) is 12. The van der Waals surface area contributed by atoms with Gasteiger partial charge in [-0.2, -0.15) is 0 Å². The Hall–Kier alpha value is -3.42. The van der Waals surface area contributed by atoms with Crippen molar-refractivity contribution in [3.8, 4) is 5.75 Å². The fourth-order valence-corrected chi connectivity index (χ4v) is 6.43. The van der Waals surface area contributed by atoms with Gasteiger partial charge >= 0.3 is 0 Å². The molecule has 0 aliphatic heterocycles. The quantitative estimate of drug-likeness (QED) is 0.286. The minimum atomic E-state index is -2.75. The molecule has 13 heteroatoms. The van der Waals surface area contributed by atoms with Crippen LogP contribution >= 0.6 is 0 Å². The maximum atomic E-state index is 14.0. The lowest BCUT2D eigenvalue weighted by Gasteiger charge is -2.52. The summed E-state index contributed by atoms with van der Waals surface area (Å²) in [4.78, 5) is 76.2. The second kappa shape index (κ2) is 9.96. The number of rotatable bonds is 7. The summed E-state index contributed by atoms with van der Waals surface area (Å²) in [6.07, 6.45) is 0.137. The van der Waals surface area contributed by atoms with Crippen molar-refractivity contribution in [2.24, 2.45) is 29.4 Å². The van der Waals surface area contributed by atoms with Crippen LogP contribution < -0.4 is 16.0 Å². The van der Waals surface area contributed by atoms with Crippen LogP contribution in [-0.4, -0.2) is 121 Å². The second-order valence-electron chi connectivity index (χ2n) is 11.4. The van der Waals surface area contributed by atoms with E-state index < -0.39 is 70.1 Å². The monoisotopic (exact) mass is 544 g/mol. The summed E-state index contributed by atoms with van der Waals surface area (Å²) in [6.45, 7) is 1.04. The van der Waals surface area contributed by atoms with Gasteiger partial charge < -0.3 is 31.1 Å². The number of ketones is 4. The maximum absolute atomic E-state index is 14.0. The molecule has 2 unspecified atom stereocenters. The van der Waals surface area contributed by atoms with Gasteiger partial charge in [0.15, 0.2) is 46.2 Å². The zero-order chi connectivity index (χ0) is 29.1. The number of pyridine rings is 1. The van der Waals surface area contributed by atoms with E-state index in [1.165, 1.54) is 4.90 Å². The van der Waals surface area contributed by atoms with Crippen LogP contribution in [0.1, 0.15) is 22.3 Å². The number of carbonyl (C=O) groups is 5. The van der Waals surface area contributed by atoms with Crippen molar-refractivity contribution in [1.29, 1.82) is 0 Å². The number of aromatic hydroxyl groups is 1. The smallest absolute Gasteiger partial charge is 0.235 e. The van der Waals surface area contributed by atoms with Crippen molar-refractivity contribution in [3.05, 3.63) is 11.1 Å². The Morgan fingerprint density at radius 3 is 2.28 bits per heavy atom. The summed E-state index contributed by atoms with van der Waals surface area (Å²) in [5.74, 6) is -10.3. The molecule has 6 atom stereocenters. The molecule has 1 aromatic heterocycles. The van der Waals surface area contributed by atoms with Gasteiger partial charge in [-0.15, -0.1) is 0 Å². The van der Waals surface area contributed by atoms with E-state index in [0.717, 1.165) is 0 Å². The van der Waals surface area contributed by atoms with E-state index in [4.69, 9.17) is 5.73 Å². The molecular weight excluding hydrogens is 508 g/mol. The van der Waals surface area contributed by atoms with Crippen molar-refractivity contribution in [2.75, 3.05) is 65.6 Å². The Morgan fingerprint density at radius 2 is 1.74 bits per heavy atom. The Balaban J connectivity index is 1.84. The zero-order valence-electron chi connectivity index (χ0n) is 23.0. The van der Waals surface area contributed by atoms with Crippen molar-refractivity contribution in [2.45, 2.75) is 24.5 Å². The number of aromatic nitrogens is 1. The normalized spacial score (nSPS) is 30.2. The fraction of sp³-hybridized carbons (Fsp3) is 0.615. The zero-order valence-corrected chi connectivity index (χ0v) is 23.0. The largest absolute Gasteiger partial charge is 0.504 e. The molecule has 0 bridgehead atoms. The number of primary amides is 1. The third-order valence-electron chi connectivity index (χ3n) is 8.18. The maximum Gasteiger partial charge on any atom is 0.235 e. The first-order valence-corrected chi connectivity index (χ1v) is 12.8. The summed E-state index contributed by atoms with van der Waals surface area (Å²) < 4.78 is 0. The highest BCUT2D eigenvalue weighted by molar-refractivity contribution is 6.32. The molecule has 2 fully saturated rings. The van der Waals surface area contributed by atoms with Gasteiger partial charge in [-0.1, -0.05) is 0 Å². The van der Waals surface area contributed by atoms with Crippen LogP contribution in [0.4, 0.5) is 11.6 Å². The van der Waals surface area contributed by atoms with Crippen LogP contribution in [0.2, 0.25) is 0 Å². The number of amides is 1. The van der Waals surface area contributed by atoms with E-state index in [2.05, 4.69) is 10.3 Å². The lowest BCUT2D eigenvalue weighted by atomic mass is 9.52. The van der Waals surface area contributed by atoms with Crippen LogP contribution in [0.5, 0.6) is 5.75 Å². The second-order valence-corrected chi connectivity index (χ2v) is 11.4. The van der Waals surface area contributed by atoms with Crippen molar-refractivity contribution in [3.63, 3.8) is 0 Å². The molecule has 39 heavy (non-hydrogen) atoms. The van der Waals surface area contributed by atoms with Crippen LogP contribution in [0.15, 0.2) is 0 Å². The first-order valence-electron chi connectivity index (χ1n) is 12.8. The molecule has 3 aliphatic rings. The van der Waals surface area contributed by atoms with Gasteiger partial charge in [0.1, 0.15) is 5.82 Å². The number of likely N-dealkylation sites (N-methyl/N-ethyl adjacent to an activating group) is 2. The third kappa shape index (κ3) is 4.28. The minimum Gasteiger partial charge on any atom is -0.504 e. The fourth-order valence-electron chi connectivity index (χ4n) is 6.43. The number of nitrogens with zero attached hydrogens (tertiary/aromatic N) is 4. The van der Waals surface area contributed by atoms with Gasteiger partial charge in [0.25, 0.3) is 0 Å². The Labute approximate surface area is 226 Å². The highest BCUT2D eigenvalue weighted by Crippen LogP contribution is 2.52. The van der Waals surface area contributed by atoms with Gasteiger partial charge in [-0.25, -0.2) is 4.98 Å². The van der Waals surface area contributed by atoms with Gasteiger partial charge in [-0.05, 0) is 47.0 Å². The average Bonchev–Trinajstić information content (AvgIpc) is 2.81. The molecule has 1 heterocycles. The number of Topliss-reactive ketones (excluding diaryl/α,β-unsaturated/α-hetero) is 4. The van der Waals surface area contributed by atoms with E-state index in [1.807, 2.05) is 19.0 Å². The molecule has 13 nitrogen and oxygen atoms in total. The summed E-state index contributed by atoms with van der Waals surface area (Å²) in [5, 5.41) is 25.9. The molecule has 1 amide bonds. The molecule has 0 saturated heterocycles. The number of carbonyl (C=O) groups excluding carboxylic acids is 5. The highest BCUT2D eigenvalue weighted by Gasteiger charge is 2.69. The molecular formula is C26H36N6O7. The predicted molar refractivity (Wildman–Crippen MR) is 141 cm³/mol. The van der Waals surface area contributed by atoms with E-state index in [0.29, 0.717) is 24.5 Å².